The Balaban J connectivity index is 1.70. The molecule has 2 heterocycles. The lowest BCUT2D eigenvalue weighted by Gasteiger charge is -2.37. The molecule has 1 amide bonds. The lowest BCUT2D eigenvalue weighted by molar-refractivity contribution is -0.136. The Bertz CT molecular complexity index is 856. The highest BCUT2D eigenvalue weighted by atomic mass is 32.1. The molecular weight excluding hydrogens is 424 g/mol. The molecule has 0 unspecified atom stereocenters. The number of ether oxygens (including phenoxy) is 2. The normalized spacial score (nSPS) is 16.8. The van der Waals surface area contributed by atoms with Gasteiger partial charge in [0, 0.05) is 24.6 Å². The smallest absolute Gasteiger partial charge is 0.237 e. The summed E-state index contributed by atoms with van der Waals surface area (Å²) in [7, 11) is 0. The first kappa shape index (κ1) is 24.7. The average molecular weight is 461 g/mol. The molecule has 0 bridgehead atoms. The Morgan fingerprint density at radius 2 is 2.12 bits per heavy atom. The zero-order valence-corrected chi connectivity index (χ0v) is 20.3. The number of carbonyl (C=O) groups excluding carboxylic acids is 1. The molecule has 0 fully saturated rings. The molecular formula is C25H36N2O4S. The van der Waals surface area contributed by atoms with Crippen molar-refractivity contribution in [1.29, 1.82) is 0 Å². The summed E-state index contributed by atoms with van der Waals surface area (Å²) in [5, 5.41) is 12.4. The van der Waals surface area contributed by atoms with Crippen molar-refractivity contribution in [3.8, 4) is 5.75 Å². The monoisotopic (exact) mass is 460 g/mol. The van der Waals surface area contributed by atoms with E-state index in [0.29, 0.717) is 32.9 Å². The van der Waals surface area contributed by atoms with Crippen LogP contribution in [0.3, 0.4) is 0 Å². The summed E-state index contributed by atoms with van der Waals surface area (Å²) < 4.78 is 11.5. The lowest BCUT2D eigenvalue weighted by atomic mass is 10.00. The molecule has 1 aromatic heterocycles. The summed E-state index contributed by atoms with van der Waals surface area (Å²) >= 11 is 1.75. The quantitative estimate of drug-likeness (QED) is 0.524. The zero-order valence-electron chi connectivity index (χ0n) is 19.5. The third kappa shape index (κ3) is 6.54. The number of nitrogens with zero attached hydrogens (tertiary/aromatic N) is 2. The summed E-state index contributed by atoms with van der Waals surface area (Å²) in [6.07, 6.45) is 1.20. The molecule has 1 N–H and O–H groups in total. The maximum absolute atomic E-state index is 13.4. The molecule has 6 nitrogen and oxygen atoms in total. The van der Waals surface area contributed by atoms with Gasteiger partial charge < -0.3 is 19.5 Å². The fourth-order valence-electron chi connectivity index (χ4n) is 4.20. The van der Waals surface area contributed by atoms with E-state index in [1.54, 1.807) is 11.3 Å². The third-order valence-corrected chi connectivity index (χ3v) is 6.78. The van der Waals surface area contributed by atoms with Gasteiger partial charge in [-0.25, -0.2) is 0 Å². The molecule has 0 aliphatic carbocycles. The van der Waals surface area contributed by atoms with Crippen LogP contribution in [0.4, 0.5) is 0 Å². The lowest BCUT2D eigenvalue weighted by Crippen LogP contribution is -2.48. The number of para-hydroxylation sites is 1. The fourth-order valence-corrected chi connectivity index (χ4v) is 5.13. The van der Waals surface area contributed by atoms with Crippen LogP contribution in [0.2, 0.25) is 0 Å². The number of hydrogen-bond acceptors (Lipinski definition) is 6. The van der Waals surface area contributed by atoms with Crippen molar-refractivity contribution >= 4 is 17.2 Å². The van der Waals surface area contributed by atoms with Crippen molar-refractivity contribution in [2.75, 3.05) is 46.0 Å². The van der Waals surface area contributed by atoms with Crippen molar-refractivity contribution in [1.82, 2.24) is 9.80 Å². The largest absolute Gasteiger partial charge is 0.491 e. The van der Waals surface area contributed by atoms with Crippen molar-refractivity contribution in [3.63, 3.8) is 0 Å². The van der Waals surface area contributed by atoms with Crippen LogP contribution in [0.25, 0.3) is 0 Å². The van der Waals surface area contributed by atoms with Crippen molar-refractivity contribution in [3.05, 3.63) is 51.7 Å². The van der Waals surface area contributed by atoms with Crippen molar-refractivity contribution < 1.29 is 19.4 Å². The van der Waals surface area contributed by atoms with Gasteiger partial charge in [-0.1, -0.05) is 25.1 Å². The number of aliphatic hydroxyl groups excluding tert-OH is 1. The summed E-state index contributed by atoms with van der Waals surface area (Å²) in [6, 6.07) is 10.00. The van der Waals surface area contributed by atoms with E-state index in [9.17, 15) is 9.90 Å². The van der Waals surface area contributed by atoms with Crippen molar-refractivity contribution in [2.24, 2.45) is 0 Å². The molecule has 1 aliphatic rings. The second-order valence-electron chi connectivity index (χ2n) is 8.28. The van der Waals surface area contributed by atoms with Crippen LogP contribution in [-0.4, -0.2) is 72.9 Å². The van der Waals surface area contributed by atoms with E-state index in [4.69, 9.17) is 9.47 Å². The SMILES string of the molecule is CCCN(CC(=O)N1CCc2sccc2[C@H]1COc1ccccc1C)C[C@@H](O)COCC. The number of fused-ring (bicyclic) bond motifs is 1. The summed E-state index contributed by atoms with van der Waals surface area (Å²) in [6.45, 7) is 9.50. The summed E-state index contributed by atoms with van der Waals surface area (Å²) in [5.74, 6) is 0.936. The molecule has 0 saturated carbocycles. The second kappa shape index (κ2) is 12.3. The minimum Gasteiger partial charge on any atom is -0.491 e. The molecule has 3 rings (SSSR count). The molecule has 0 radical (unpaired) electrons. The molecule has 0 saturated heterocycles. The zero-order chi connectivity index (χ0) is 22.9. The first-order chi connectivity index (χ1) is 15.5. The van der Waals surface area contributed by atoms with Crippen LogP contribution >= 0.6 is 11.3 Å². The van der Waals surface area contributed by atoms with E-state index < -0.39 is 6.10 Å². The van der Waals surface area contributed by atoms with Gasteiger partial charge in [0.2, 0.25) is 5.91 Å². The Kier molecular flexibility index (Phi) is 9.53. The average Bonchev–Trinajstić information content (AvgIpc) is 3.26. The number of thiophene rings is 1. The molecule has 2 atom stereocenters. The van der Waals surface area contributed by atoms with Gasteiger partial charge in [-0.2, -0.15) is 0 Å². The molecule has 32 heavy (non-hydrogen) atoms. The van der Waals surface area contributed by atoms with E-state index in [1.807, 2.05) is 47.9 Å². The Morgan fingerprint density at radius 3 is 2.88 bits per heavy atom. The van der Waals surface area contributed by atoms with E-state index in [-0.39, 0.29) is 18.5 Å². The van der Waals surface area contributed by atoms with Gasteiger partial charge in [0.15, 0.2) is 0 Å². The number of amides is 1. The van der Waals surface area contributed by atoms with E-state index in [0.717, 1.165) is 30.7 Å². The Hall–Kier alpha value is -1.93. The predicted octanol–water partition coefficient (Wildman–Crippen LogP) is 3.67. The van der Waals surface area contributed by atoms with Crippen LogP contribution in [0.1, 0.15) is 42.3 Å². The number of rotatable bonds is 12. The third-order valence-electron chi connectivity index (χ3n) is 5.79. The first-order valence-electron chi connectivity index (χ1n) is 11.6. The maximum Gasteiger partial charge on any atom is 0.237 e. The Morgan fingerprint density at radius 1 is 1.31 bits per heavy atom. The van der Waals surface area contributed by atoms with Crippen LogP contribution in [0.15, 0.2) is 35.7 Å². The summed E-state index contributed by atoms with van der Waals surface area (Å²) in [5.41, 5.74) is 2.28. The van der Waals surface area contributed by atoms with E-state index in [2.05, 4.69) is 18.4 Å². The maximum atomic E-state index is 13.4. The summed E-state index contributed by atoms with van der Waals surface area (Å²) in [4.78, 5) is 18.8. The van der Waals surface area contributed by atoms with Crippen LogP contribution in [-0.2, 0) is 16.0 Å². The fraction of sp³-hybridized carbons (Fsp3) is 0.560. The molecule has 1 aromatic carbocycles. The van der Waals surface area contributed by atoms with Gasteiger partial charge in [-0.05, 0) is 61.9 Å². The number of carbonyl (C=O) groups is 1. The highest BCUT2D eigenvalue weighted by Gasteiger charge is 2.33. The molecule has 0 spiro atoms. The number of benzene rings is 1. The number of aryl methyl sites for hydroxylation is 1. The van der Waals surface area contributed by atoms with E-state index >= 15 is 0 Å². The second-order valence-corrected chi connectivity index (χ2v) is 9.28. The van der Waals surface area contributed by atoms with Crippen LogP contribution < -0.4 is 4.74 Å². The molecule has 7 heteroatoms. The van der Waals surface area contributed by atoms with Gasteiger partial charge in [0.1, 0.15) is 12.4 Å². The molecule has 2 aromatic rings. The van der Waals surface area contributed by atoms with Gasteiger partial charge in [0.05, 0.1) is 25.3 Å². The minimum absolute atomic E-state index is 0.0808. The topological polar surface area (TPSA) is 62.2 Å². The van der Waals surface area contributed by atoms with Gasteiger partial charge in [0.25, 0.3) is 0 Å². The highest BCUT2D eigenvalue weighted by molar-refractivity contribution is 7.10. The minimum atomic E-state index is -0.598. The molecule has 1 aliphatic heterocycles. The number of aliphatic hydroxyl groups is 1. The number of hydrogen-bond donors (Lipinski definition) is 1. The van der Waals surface area contributed by atoms with Crippen LogP contribution in [0.5, 0.6) is 5.75 Å². The van der Waals surface area contributed by atoms with E-state index in [1.165, 1.54) is 10.4 Å². The van der Waals surface area contributed by atoms with Gasteiger partial charge >= 0.3 is 0 Å². The highest BCUT2D eigenvalue weighted by Crippen LogP contribution is 2.34. The predicted molar refractivity (Wildman–Crippen MR) is 128 cm³/mol. The molecule has 176 valence electrons. The van der Waals surface area contributed by atoms with Crippen LogP contribution in [0, 0.1) is 6.92 Å². The van der Waals surface area contributed by atoms with Gasteiger partial charge in [-0.15, -0.1) is 11.3 Å². The standard InChI is InChI=1S/C25H36N2O4S/c1-4-12-26(15-20(28)17-30-5-2)16-25(29)27-13-10-24-21(11-14-32-24)22(27)18-31-23-9-7-6-8-19(23)3/h6-9,11,14,20,22,28H,4-5,10,12-13,15-18H2,1-3H3/t20-,22-/m1/s1. The van der Waals surface area contributed by atoms with Gasteiger partial charge in [-0.3, -0.25) is 9.69 Å². The Labute approximate surface area is 195 Å². The van der Waals surface area contributed by atoms with Crippen molar-refractivity contribution in [2.45, 2.75) is 45.8 Å². The first-order valence-corrected chi connectivity index (χ1v) is 12.4.